The monoisotopic (exact) mass is 276 g/mol. The van der Waals surface area contributed by atoms with Gasteiger partial charge in [0.2, 0.25) is 0 Å². The highest BCUT2D eigenvalue weighted by atomic mass is 16.5. The number of hydrogen-bond acceptors (Lipinski definition) is 3. The van der Waals surface area contributed by atoms with E-state index in [0.29, 0.717) is 17.0 Å². The molecule has 0 aliphatic heterocycles. The zero-order chi connectivity index (χ0) is 14.5. The molecule has 1 amide bonds. The molecule has 0 bridgehead atoms. The van der Waals surface area contributed by atoms with Crippen LogP contribution < -0.4 is 15.8 Å². The molecule has 2 atom stereocenters. The Labute approximate surface area is 120 Å². The smallest absolute Gasteiger partial charge is 0.253 e. The standard InChI is InChI=1S/C16H24N2O2/c1-3-11-5-4-6-12(9-11)18-16(19)14-10-13(20-2)7-8-15(14)17/h7-8,10-12H,3-6,9,17H2,1-2H3,(H,18,19). The molecule has 3 N–H and O–H groups in total. The molecule has 0 radical (unpaired) electrons. The second kappa shape index (κ2) is 6.64. The maximum atomic E-state index is 12.4. The SMILES string of the molecule is CCC1CCCC(NC(=O)c2cc(OC)ccc2N)C1. The maximum Gasteiger partial charge on any atom is 0.253 e. The fraction of sp³-hybridized carbons (Fsp3) is 0.562. The minimum Gasteiger partial charge on any atom is -0.497 e. The Hall–Kier alpha value is -1.71. The molecule has 4 nitrogen and oxygen atoms in total. The van der Waals surface area contributed by atoms with E-state index in [1.165, 1.54) is 19.3 Å². The summed E-state index contributed by atoms with van der Waals surface area (Å²) in [6.07, 6.45) is 5.80. The Bertz CT molecular complexity index is 474. The number of methoxy groups -OCH3 is 1. The van der Waals surface area contributed by atoms with Crippen LogP contribution in [0.3, 0.4) is 0 Å². The molecule has 2 rings (SSSR count). The molecule has 1 aromatic carbocycles. The van der Waals surface area contributed by atoms with Crippen LogP contribution in [0.5, 0.6) is 5.75 Å². The Kier molecular flexibility index (Phi) is 4.88. The predicted octanol–water partition coefficient (Wildman–Crippen LogP) is 2.98. The maximum absolute atomic E-state index is 12.4. The minimum absolute atomic E-state index is 0.0943. The highest BCUT2D eigenvalue weighted by Crippen LogP contribution is 2.27. The van der Waals surface area contributed by atoms with Gasteiger partial charge in [-0.1, -0.05) is 26.2 Å². The number of carbonyl (C=O) groups is 1. The average Bonchev–Trinajstić information content (AvgIpc) is 2.47. The van der Waals surface area contributed by atoms with Crippen LogP contribution in [0.25, 0.3) is 0 Å². The van der Waals surface area contributed by atoms with Gasteiger partial charge in [-0.25, -0.2) is 0 Å². The van der Waals surface area contributed by atoms with Crippen molar-refractivity contribution in [2.45, 2.75) is 45.1 Å². The van der Waals surface area contributed by atoms with Gasteiger partial charge in [0.25, 0.3) is 5.91 Å². The quantitative estimate of drug-likeness (QED) is 0.831. The Morgan fingerprint density at radius 3 is 2.95 bits per heavy atom. The first-order valence-corrected chi connectivity index (χ1v) is 7.38. The van der Waals surface area contributed by atoms with Gasteiger partial charge in [0.05, 0.1) is 12.7 Å². The summed E-state index contributed by atoms with van der Waals surface area (Å²) in [5.41, 5.74) is 6.88. The molecule has 2 unspecified atom stereocenters. The molecule has 0 heterocycles. The second-order valence-electron chi connectivity index (χ2n) is 5.56. The third kappa shape index (κ3) is 3.44. The number of carbonyl (C=O) groups excluding carboxylic acids is 1. The molecule has 20 heavy (non-hydrogen) atoms. The zero-order valence-electron chi connectivity index (χ0n) is 12.3. The lowest BCUT2D eigenvalue weighted by Crippen LogP contribution is -2.38. The summed E-state index contributed by atoms with van der Waals surface area (Å²) >= 11 is 0. The molecule has 1 aliphatic rings. The van der Waals surface area contributed by atoms with E-state index in [0.717, 1.165) is 18.8 Å². The Morgan fingerprint density at radius 1 is 1.45 bits per heavy atom. The van der Waals surface area contributed by atoms with Gasteiger partial charge in [0.15, 0.2) is 0 Å². The molecule has 1 saturated carbocycles. The van der Waals surface area contributed by atoms with Crippen molar-refractivity contribution in [3.63, 3.8) is 0 Å². The van der Waals surface area contributed by atoms with E-state index in [1.807, 2.05) is 0 Å². The van der Waals surface area contributed by atoms with Gasteiger partial charge in [0, 0.05) is 11.7 Å². The number of nitrogens with two attached hydrogens (primary N) is 1. The molecule has 1 aliphatic carbocycles. The highest BCUT2D eigenvalue weighted by molar-refractivity contribution is 5.99. The van der Waals surface area contributed by atoms with Crippen LogP contribution in [0.2, 0.25) is 0 Å². The van der Waals surface area contributed by atoms with Crippen molar-refractivity contribution in [2.75, 3.05) is 12.8 Å². The van der Waals surface area contributed by atoms with Crippen molar-refractivity contribution in [3.8, 4) is 5.75 Å². The summed E-state index contributed by atoms with van der Waals surface area (Å²) in [6.45, 7) is 2.22. The van der Waals surface area contributed by atoms with Crippen LogP contribution >= 0.6 is 0 Å². The summed E-state index contributed by atoms with van der Waals surface area (Å²) < 4.78 is 5.15. The topological polar surface area (TPSA) is 64.3 Å². The normalized spacial score (nSPS) is 22.3. The van der Waals surface area contributed by atoms with Crippen LogP contribution in [-0.4, -0.2) is 19.1 Å². The van der Waals surface area contributed by atoms with E-state index in [4.69, 9.17) is 10.5 Å². The van der Waals surface area contributed by atoms with Crippen LogP contribution in [0.4, 0.5) is 5.69 Å². The van der Waals surface area contributed by atoms with Gasteiger partial charge in [-0.3, -0.25) is 4.79 Å². The van der Waals surface area contributed by atoms with Crippen molar-refractivity contribution in [2.24, 2.45) is 5.92 Å². The summed E-state index contributed by atoms with van der Waals surface area (Å²) in [4.78, 5) is 12.4. The number of nitrogens with one attached hydrogen (secondary N) is 1. The first kappa shape index (κ1) is 14.7. The lowest BCUT2D eigenvalue weighted by atomic mass is 9.84. The molecule has 1 fully saturated rings. The predicted molar refractivity (Wildman–Crippen MR) is 80.9 cm³/mol. The van der Waals surface area contributed by atoms with Crippen molar-refractivity contribution < 1.29 is 9.53 Å². The minimum atomic E-state index is -0.0943. The van der Waals surface area contributed by atoms with Crippen molar-refractivity contribution >= 4 is 11.6 Å². The Balaban J connectivity index is 2.04. The summed E-state index contributed by atoms with van der Waals surface area (Å²) in [7, 11) is 1.58. The number of rotatable bonds is 4. The third-order valence-electron chi connectivity index (χ3n) is 4.20. The molecule has 0 saturated heterocycles. The highest BCUT2D eigenvalue weighted by Gasteiger charge is 2.23. The van der Waals surface area contributed by atoms with Crippen LogP contribution in [-0.2, 0) is 0 Å². The van der Waals surface area contributed by atoms with E-state index in [9.17, 15) is 4.79 Å². The van der Waals surface area contributed by atoms with Crippen molar-refractivity contribution in [1.29, 1.82) is 0 Å². The molecule has 110 valence electrons. The van der Waals surface area contributed by atoms with Crippen LogP contribution in [0.15, 0.2) is 18.2 Å². The summed E-state index contributed by atoms with van der Waals surface area (Å²) in [5, 5.41) is 3.12. The number of anilines is 1. The first-order valence-electron chi connectivity index (χ1n) is 7.38. The number of hydrogen-bond donors (Lipinski definition) is 2. The number of nitrogen functional groups attached to an aromatic ring is 1. The second-order valence-corrected chi connectivity index (χ2v) is 5.56. The first-order chi connectivity index (χ1) is 9.63. The van der Waals surface area contributed by atoms with E-state index < -0.39 is 0 Å². The average molecular weight is 276 g/mol. The fourth-order valence-corrected chi connectivity index (χ4v) is 2.92. The molecule has 4 heteroatoms. The van der Waals surface area contributed by atoms with E-state index in [2.05, 4.69) is 12.2 Å². The molecule has 1 aromatic rings. The van der Waals surface area contributed by atoms with Crippen molar-refractivity contribution in [3.05, 3.63) is 23.8 Å². The van der Waals surface area contributed by atoms with E-state index in [-0.39, 0.29) is 11.9 Å². The van der Waals surface area contributed by atoms with Gasteiger partial charge in [0.1, 0.15) is 5.75 Å². The van der Waals surface area contributed by atoms with Gasteiger partial charge < -0.3 is 15.8 Å². The van der Waals surface area contributed by atoms with Crippen molar-refractivity contribution in [1.82, 2.24) is 5.32 Å². The fourth-order valence-electron chi connectivity index (χ4n) is 2.92. The lowest BCUT2D eigenvalue weighted by Gasteiger charge is -2.29. The molecule has 0 aromatic heterocycles. The van der Waals surface area contributed by atoms with Gasteiger partial charge in [-0.15, -0.1) is 0 Å². The largest absolute Gasteiger partial charge is 0.497 e. The zero-order valence-corrected chi connectivity index (χ0v) is 12.3. The van der Waals surface area contributed by atoms with Crippen LogP contribution in [0, 0.1) is 5.92 Å². The molecular formula is C16H24N2O2. The van der Waals surface area contributed by atoms with E-state index >= 15 is 0 Å². The Morgan fingerprint density at radius 2 is 2.25 bits per heavy atom. The number of benzene rings is 1. The lowest BCUT2D eigenvalue weighted by molar-refractivity contribution is 0.0919. The van der Waals surface area contributed by atoms with Gasteiger partial charge in [-0.05, 0) is 37.0 Å². The molecule has 0 spiro atoms. The summed E-state index contributed by atoms with van der Waals surface area (Å²) in [6, 6.07) is 5.44. The molecular weight excluding hydrogens is 252 g/mol. The third-order valence-corrected chi connectivity index (χ3v) is 4.20. The van der Waals surface area contributed by atoms with Gasteiger partial charge >= 0.3 is 0 Å². The van der Waals surface area contributed by atoms with Gasteiger partial charge in [-0.2, -0.15) is 0 Å². The van der Waals surface area contributed by atoms with Crippen LogP contribution in [0.1, 0.15) is 49.4 Å². The summed E-state index contributed by atoms with van der Waals surface area (Å²) in [5.74, 6) is 1.29. The van der Waals surface area contributed by atoms with E-state index in [1.54, 1.807) is 25.3 Å². The number of amides is 1. The number of ether oxygens (including phenoxy) is 1.